The van der Waals surface area contributed by atoms with Crippen molar-refractivity contribution in [2.24, 2.45) is 0 Å². The molecule has 2 rings (SSSR count). The highest BCUT2D eigenvalue weighted by atomic mass is 16.5. The van der Waals surface area contributed by atoms with E-state index in [1.54, 1.807) is 7.11 Å². The molecule has 0 aliphatic heterocycles. The maximum absolute atomic E-state index is 12.2. The van der Waals surface area contributed by atoms with Crippen LogP contribution in [0, 0.1) is 0 Å². The van der Waals surface area contributed by atoms with Gasteiger partial charge in [0.2, 0.25) is 11.8 Å². The molecule has 0 aliphatic carbocycles. The van der Waals surface area contributed by atoms with Crippen LogP contribution >= 0.6 is 0 Å². The lowest BCUT2D eigenvalue weighted by atomic mass is 10.1. The molecule has 0 bridgehead atoms. The average Bonchev–Trinajstić information content (AvgIpc) is 2.66. The molecule has 0 saturated carbocycles. The van der Waals surface area contributed by atoms with Crippen LogP contribution in [0.3, 0.4) is 0 Å². The molecule has 5 heteroatoms. The van der Waals surface area contributed by atoms with Crippen molar-refractivity contribution in [3.05, 3.63) is 59.7 Å². The van der Waals surface area contributed by atoms with Crippen molar-refractivity contribution < 1.29 is 14.3 Å². The number of methoxy groups -OCH3 is 1. The highest BCUT2D eigenvalue weighted by molar-refractivity contribution is 5.97. The van der Waals surface area contributed by atoms with Gasteiger partial charge in [0.1, 0.15) is 12.3 Å². The van der Waals surface area contributed by atoms with Crippen molar-refractivity contribution in [3.8, 4) is 5.75 Å². The number of aryl methyl sites for hydroxylation is 1. The SMILES string of the molecule is CCc1ccc(N(CC(=O)NCCc2cccc(OC)c2)C(C)=O)cc1. The van der Waals surface area contributed by atoms with Crippen LogP contribution in [-0.2, 0) is 22.4 Å². The lowest BCUT2D eigenvalue weighted by molar-refractivity contribution is -0.123. The van der Waals surface area contributed by atoms with Gasteiger partial charge >= 0.3 is 0 Å². The number of carbonyl (C=O) groups excluding carboxylic acids is 2. The highest BCUT2D eigenvalue weighted by Crippen LogP contribution is 2.16. The summed E-state index contributed by atoms with van der Waals surface area (Å²) in [6, 6.07) is 15.5. The van der Waals surface area contributed by atoms with Gasteiger partial charge in [-0.2, -0.15) is 0 Å². The molecule has 0 heterocycles. The smallest absolute Gasteiger partial charge is 0.240 e. The normalized spacial score (nSPS) is 10.3. The number of benzene rings is 2. The van der Waals surface area contributed by atoms with E-state index in [-0.39, 0.29) is 18.4 Å². The number of anilines is 1. The number of amides is 2. The van der Waals surface area contributed by atoms with E-state index in [0.717, 1.165) is 23.4 Å². The molecule has 0 saturated heterocycles. The number of nitrogens with one attached hydrogen (secondary N) is 1. The summed E-state index contributed by atoms with van der Waals surface area (Å²) in [5.41, 5.74) is 3.01. The van der Waals surface area contributed by atoms with Crippen LogP contribution in [0.15, 0.2) is 48.5 Å². The lowest BCUT2D eigenvalue weighted by Crippen LogP contribution is -2.40. The van der Waals surface area contributed by atoms with Crippen molar-refractivity contribution in [3.63, 3.8) is 0 Å². The summed E-state index contributed by atoms with van der Waals surface area (Å²) in [6.45, 7) is 4.07. The summed E-state index contributed by atoms with van der Waals surface area (Å²) in [5.74, 6) is 0.465. The summed E-state index contributed by atoms with van der Waals surface area (Å²) < 4.78 is 5.20. The minimum absolute atomic E-state index is 0.0128. The van der Waals surface area contributed by atoms with Crippen molar-refractivity contribution in [1.82, 2.24) is 5.32 Å². The van der Waals surface area contributed by atoms with E-state index < -0.39 is 0 Å². The van der Waals surface area contributed by atoms with Gasteiger partial charge in [0.15, 0.2) is 0 Å². The first-order chi connectivity index (χ1) is 12.5. The Morgan fingerprint density at radius 2 is 1.81 bits per heavy atom. The number of ether oxygens (including phenoxy) is 1. The van der Waals surface area contributed by atoms with Crippen LogP contribution in [0.5, 0.6) is 5.75 Å². The second-order valence-corrected chi connectivity index (χ2v) is 6.08. The molecule has 0 radical (unpaired) electrons. The number of rotatable bonds is 8. The van der Waals surface area contributed by atoms with Crippen LogP contribution in [0.4, 0.5) is 5.69 Å². The Hall–Kier alpha value is -2.82. The Bertz CT molecular complexity index is 741. The van der Waals surface area contributed by atoms with Gasteiger partial charge in [0, 0.05) is 19.2 Å². The van der Waals surface area contributed by atoms with E-state index in [9.17, 15) is 9.59 Å². The fraction of sp³-hybridized carbons (Fsp3) is 0.333. The van der Waals surface area contributed by atoms with Gasteiger partial charge in [0.05, 0.1) is 7.11 Å². The molecule has 2 aromatic rings. The third-order valence-electron chi connectivity index (χ3n) is 4.21. The first kappa shape index (κ1) is 19.5. The largest absolute Gasteiger partial charge is 0.497 e. The molecule has 5 nitrogen and oxygen atoms in total. The Morgan fingerprint density at radius 3 is 2.42 bits per heavy atom. The predicted octanol–water partition coefficient (Wildman–Crippen LogP) is 2.97. The van der Waals surface area contributed by atoms with E-state index in [0.29, 0.717) is 13.0 Å². The molecular weight excluding hydrogens is 328 g/mol. The molecule has 0 unspecified atom stereocenters. The van der Waals surface area contributed by atoms with E-state index in [2.05, 4.69) is 12.2 Å². The molecule has 0 fully saturated rings. The van der Waals surface area contributed by atoms with Gasteiger partial charge in [-0.05, 0) is 48.2 Å². The zero-order valence-corrected chi connectivity index (χ0v) is 15.6. The van der Waals surface area contributed by atoms with Crippen molar-refractivity contribution in [2.45, 2.75) is 26.7 Å². The van der Waals surface area contributed by atoms with Crippen molar-refractivity contribution >= 4 is 17.5 Å². The van der Waals surface area contributed by atoms with Crippen molar-refractivity contribution in [1.29, 1.82) is 0 Å². The summed E-state index contributed by atoms with van der Waals surface area (Å²) in [5, 5.41) is 2.87. The van der Waals surface area contributed by atoms with E-state index in [1.807, 2.05) is 48.5 Å². The van der Waals surface area contributed by atoms with Crippen LogP contribution in [0.2, 0.25) is 0 Å². The molecule has 0 atom stereocenters. The topological polar surface area (TPSA) is 58.6 Å². The minimum Gasteiger partial charge on any atom is -0.497 e. The Balaban J connectivity index is 1.89. The first-order valence-corrected chi connectivity index (χ1v) is 8.80. The third kappa shape index (κ3) is 5.62. The Kier molecular flexibility index (Phi) is 7.21. The monoisotopic (exact) mass is 354 g/mol. The quantitative estimate of drug-likeness (QED) is 0.793. The van der Waals surface area contributed by atoms with Gasteiger partial charge in [-0.3, -0.25) is 9.59 Å². The van der Waals surface area contributed by atoms with Crippen LogP contribution in [0.25, 0.3) is 0 Å². The predicted molar refractivity (Wildman–Crippen MR) is 104 cm³/mol. The van der Waals surface area contributed by atoms with Gasteiger partial charge in [-0.1, -0.05) is 31.2 Å². The molecule has 0 aromatic heterocycles. The second kappa shape index (κ2) is 9.61. The molecule has 0 spiro atoms. The maximum Gasteiger partial charge on any atom is 0.240 e. The first-order valence-electron chi connectivity index (χ1n) is 8.80. The zero-order chi connectivity index (χ0) is 18.9. The fourth-order valence-corrected chi connectivity index (χ4v) is 2.67. The van der Waals surface area contributed by atoms with E-state index in [1.165, 1.54) is 17.4 Å². The standard InChI is InChI=1S/C21H26N2O3/c1-4-17-8-10-19(11-9-17)23(16(2)24)15-21(25)22-13-12-18-6-5-7-20(14-18)26-3/h5-11,14H,4,12-13,15H2,1-3H3,(H,22,25). The number of hydrogen-bond donors (Lipinski definition) is 1. The second-order valence-electron chi connectivity index (χ2n) is 6.08. The summed E-state index contributed by atoms with van der Waals surface area (Å²) in [6.07, 6.45) is 1.64. The minimum atomic E-state index is -0.178. The highest BCUT2D eigenvalue weighted by Gasteiger charge is 2.15. The van der Waals surface area contributed by atoms with Gasteiger partial charge in [0.25, 0.3) is 0 Å². The third-order valence-corrected chi connectivity index (χ3v) is 4.21. The molecule has 138 valence electrons. The number of carbonyl (C=O) groups is 2. The Labute approximate surface area is 155 Å². The lowest BCUT2D eigenvalue weighted by Gasteiger charge is -2.21. The molecule has 1 N–H and O–H groups in total. The van der Waals surface area contributed by atoms with Crippen molar-refractivity contribution in [2.75, 3.05) is 25.1 Å². The van der Waals surface area contributed by atoms with Crippen LogP contribution in [0.1, 0.15) is 25.0 Å². The summed E-state index contributed by atoms with van der Waals surface area (Å²) >= 11 is 0. The molecule has 2 aromatic carbocycles. The van der Waals surface area contributed by atoms with Gasteiger partial charge in [-0.15, -0.1) is 0 Å². The number of nitrogens with zero attached hydrogens (tertiary/aromatic N) is 1. The molecule has 0 aliphatic rings. The van der Waals surface area contributed by atoms with Crippen LogP contribution < -0.4 is 15.0 Å². The summed E-state index contributed by atoms with van der Waals surface area (Å²) in [4.78, 5) is 25.7. The fourth-order valence-electron chi connectivity index (χ4n) is 2.67. The number of hydrogen-bond acceptors (Lipinski definition) is 3. The van der Waals surface area contributed by atoms with E-state index >= 15 is 0 Å². The molecule has 26 heavy (non-hydrogen) atoms. The van der Waals surface area contributed by atoms with Gasteiger partial charge in [-0.25, -0.2) is 0 Å². The van der Waals surface area contributed by atoms with Gasteiger partial charge < -0.3 is 15.0 Å². The molecular formula is C21H26N2O3. The summed E-state index contributed by atoms with van der Waals surface area (Å²) in [7, 11) is 1.63. The van der Waals surface area contributed by atoms with Crippen LogP contribution in [-0.4, -0.2) is 32.0 Å². The average molecular weight is 354 g/mol. The zero-order valence-electron chi connectivity index (χ0n) is 15.6. The molecule has 2 amide bonds. The maximum atomic E-state index is 12.2. The van der Waals surface area contributed by atoms with E-state index in [4.69, 9.17) is 4.74 Å². The Morgan fingerprint density at radius 1 is 1.08 bits per heavy atom.